The number of benzene rings is 1. The molecule has 0 aliphatic carbocycles. The number of H-pyrrole nitrogens is 1. The minimum absolute atomic E-state index is 0. The molecule has 0 radical (unpaired) electrons. The third kappa shape index (κ3) is 4.33. The molecule has 4 rings (SSSR count). The highest BCUT2D eigenvalue weighted by molar-refractivity contribution is 5.85. The number of nitrogens with one attached hydrogen (secondary N) is 1. The Labute approximate surface area is 180 Å². The summed E-state index contributed by atoms with van der Waals surface area (Å²) >= 11 is 0. The van der Waals surface area contributed by atoms with E-state index in [-0.39, 0.29) is 24.8 Å². The Kier molecular flexibility index (Phi) is 7.80. The lowest BCUT2D eigenvalue weighted by Crippen LogP contribution is -2.29. The summed E-state index contributed by atoms with van der Waals surface area (Å²) in [6.07, 6.45) is 0.969. The fourth-order valence-corrected chi connectivity index (χ4v) is 4.88. The van der Waals surface area contributed by atoms with Gasteiger partial charge in [-0.15, -0.1) is 24.8 Å². The van der Waals surface area contributed by atoms with E-state index in [1.54, 1.807) is 7.11 Å². The summed E-state index contributed by atoms with van der Waals surface area (Å²) in [5.41, 5.74) is 3.85. The Morgan fingerprint density at radius 2 is 1.86 bits per heavy atom. The number of fused-ring (bicyclic) bond motifs is 1. The topological polar surface area (TPSA) is 44.4 Å². The second-order valence-corrected chi connectivity index (χ2v) is 7.88. The van der Waals surface area contributed by atoms with Crippen molar-refractivity contribution in [1.82, 2.24) is 19.8 Å². The van der Waals surface area contributed by atoms with Crippen LogP contribution >= 0.6 is 24.8 Å². The van der Waals surface area contributed by atoms with Gasteiger partial charge in [0.15, 0.2) is 0 Å². The summed E-state index contributed by atoms with van der Waals surface area (Å²) in [5, 5.41) is 0. The number of likely N-dealkylation sites (tertiary alicyclic amines) is 2. The lowest BCUT2D eigenvalue weighted by atomic mass is 9.89. The van der Waals surface area contributed by atoms with Gasteiger partial charge in [-0.2, -0.15) is 0 Å². The van der Waals surface area contributed by atoms with Crippen LogP contribution in [0.3, 0.4) is 0 Å². The van der Waals surface area contributed by atoms with E-state index in [0.717, 1.165) is 37.0 Å². The SMILES string of the molecule is CCc1nc(CN2C[C@@H]3CN(C)[C@H](c4ccc(OC)cc4)[C@@H]3C2)c(C)[nH]1.Cl.Cl. The maximum absolute atomic E-state index is 5.32. The van der Waals surface area contributed by atoms with Crippen LogP contribution in [0.1, 0.15) is 35.7 Å². The lowest BCUT2D eigenvalue weighted by molar-refractivity contribution is 0.223. The lowest BCUT2D eigenvalue weighted by Gasteiger charge is -2.26. The van der Waals surface area contributed by atoms with Gasteiger partial charge in [-0.05, 0) is 43.5 Å². The molecule has 3 atom stereocenters. The van der Waals surface area contributed by atoms with Crippen LogP contribution < -0.4 is 4.74 Å². The first kappa shape index (κ1) is 23.0. The van der Waals surface area contributed by atoms with Crippen molar-refractivity contribution in [1.29, 1.82) is 0 Å². The van der Waals surface area contributed by atoms with Crippen molar-refractivity contribution >= 4 is 24.8 Å². The summed E-state index contributed by atoms with van der Waals surface area (Å²) in [5.74, 6) is 3.47. The number of aromatic amines is 1. The molecule has 0 amide bonds. The molecule has 2 aromatic rings. The predicted molar refractivity (Wildman–Crippen MR) is 118 cm³/mol. The van der Waals surface area contributed by atoms with Gasteiger partial charge < -0.3 is 9.72 Å². The van der Waals surface area contributed by atoms with Crippen LogP contribution in [0, 0.1) is 18.8 Å². The summed E-state index contributed by atoms with van der Waals surface area (Å²) in [6.45, 7) is 8.77. The van der Waals surface area contributed by atoms with Crippen molar-refractivity contribution < 1.29 is 4.74 Å². The Balaban J connectivity index is 0.00000140. The van der Waals surface area contributed by atoms with Gasteiger partial charge >= 0.3 is 0 Å². The van der Waals surface area contributed by atoms with Crippen molar-refractivity contribution in [2.45, 2.75) is 32.9 Å². The predicted octanol–water partition coefficient (Wildman–Crippen LogP) is 3.87. The van der Waals surface area contributed by atoms with Crippen LogP contribution in [0.2, 0.25) is 0 Å². The number of aromatic nitrogens is 2. The summed E-state index contributed by atoms with van der Waals surface area (Å²) in [7, 11) is 3.99. The highest BCUT2D eigenvalue weighted by Gasteiger charge is 2.46. The van der Waals surface area contributed by atoms with Gasteiger partial charge in [0.25, 0.3) is 0 Å². The third-order valence-corrected chi connectivity index (χ3v) is 6.17. The Morgan fingerprint density at radius 3 is 2.46 bits per heavy atom. The quantitative estimate of drug-likeness (QED) is 0.787. The molecule has 28 heavy (non-hydrogen) atoms. The number of hydrogen-bond acceptors (Lipinski definition) is 4. The maximum Gasteiger partial charge on any atom is 0.118 e. The maximum atomic E-state index is 5.32. The standard InChI is InChI=1S/C21H30N4O.2ClH/c1-5-20-22-14(2)19(23-20)13-25-11-16-10-24(3)21(18(16)12-25)15-6-8-17(26-4)9-7-15;;/h6-9,16,18,21H,5,10-13H2,1-4H3,(H,22,23);2*1H/t16-,18+,21+;;/m0../s1. The number of hydrogen-bond donors (Lipinski definition) is 1. The monoisotopic (exact) mass is 426 g/mol. The molecule has 7 heteroatoms. The minimum Gasteiger partial charge on any atom is -0.497 e. The van der Waals surface area contributed by atoms with Crippen molar-refractivity contribution in [3.8, 4) is 5.75 Å². The molecular formula is C21H32Cl2N4O. The number of imidazole rings is 1. The molecule has 3 heterocycles. The first-order valence-electron chi connectivity index (χ1n) is 9.70. The van der Waals surface area contributed by atoms with E-state index < -0.39 is 0 Å². The smallest absolute Gasteiger partial charge is 0.118 e. The fourth-order valence-electron chi connectivity index (χ4n) is 4.88. The van der Waals surface area contributed by atoms with Crippen molar-refractivity contribution in [3.05, 3.63) is 47.0 Å². The highest BCUT2D eigenvalue weighted by Crippen LogP contribution is 2.44. The summed E-state index contributed by atoms with van der Waals surface area (Å²) in [4.78, 5) is 13.3. The number of rotatable bonds is 5. The van der Waals surface area contributed by atoms with Crippen molar-refractivity contribution in [2.75, 3.05) is 33.8 Å². The first-order valence-corrected chi connectivity index (χ1v) is 9.70. The minimum atomic E-state index is 0. The Hall–Kier alpha value is -1.27. The van der Waals surface area contributed by atoms with Gasteiger partial charge in [0.05, 0.1) is 12.8 Å². The summed E-state index contributed by atoms with van der Waals surface area (Å²) in [6, 6.07) is 9.14. The van der Waals surface area contributed by atoms with E-state index in [1.165, 1.54) is 30.0 Å². The normalized spacial score (nSPS) is 24.5. The second kappa shape index (κ2) is 9.49. The molecule has 1 N–H and O–H groups in total. The molecule has 0 bridgehead atoms. The van der Waals surface area contributed by atoms with E-state index in [0.29, 0.717) is 12.0 Å². The molecular weight excluding hydrogens is 395 g/mol. The molecule has 1 aromatic carbocycles. The fraction of sp³-hybridized carbons (Fsp3) is 0.571. The molecule has 2 saturated heterocycles. The molecule has 0 saturated carbocycles. The van der Waals surface area contributed by atoms with Crippen LogP contribution in [0.25, 0.3) is 0 Å². The van der Waals surface area contributed by atoms with Gasteiger partial charge in [0.1, 0.15) is 11.6 Å². The van der Waals surface area contributed by atoms with Gasteiger partial charge in [0.2, 0.25) is 0 Å². The van der Waals surface area contributed by atoms with Crippen molar-refractivity contribution in [2.24, 2.45) is 11.8 Å². The number of ether oxygens (including phenoxy) is 1. The van der Waals surface area contributed by atoms with Crippen LogP contribution in [-0.4, -0.2) is 53.6 Å². The van der Waals surface area contributed by atoms with Gasteiger partial charge in [0, 0.05) is 44.3 Å². The van der Waals surface area contributed by atoms with Crippen LogP contribution in [0.5, 0.6) is 5.75 Å². The largest absolute Gasteiger partial charge is 0.497 e. The molecule has 1 aromatic heterocycles. The Bertz CT molecular complexity index is 764. The number of nitrogens with zero attached hydrogens (tertiary/aromatic N) is 3. The van der Waals surface area contributed by atoms with E-state index in [2.05, 4.69) is 59.9 Å². The zero-order valence-electron chi connectivity index (χ0n) is 17.1. The highest BCUT2D eigenvalue weighted by atomic mass is 35.5. The van der Waals surface area contributed by atoms with E-state index in [4.69, 9.17) is 9.72 Å². The van der Waals surface area contributed by atoms with Crippen LogP contribution in [-0.2, 0) is 13.0 Å². The van der Waals surface area contributed by atoms with Crippen LogP contribution in [0.15, 0.2) is 24.3 Å². The number of aryl methyl sites for hydroxylation is 2. The average Bonchev–Trinajstić information content (AvgIpc) is 3.27. The van der Waals surface area contributed by atoms with Crippen LogP contribution in [0.4, 0.5) is 0 Å². The van der Waals surface area contributed by atoms with Gasteiger partial charge in [-0.3, -0.25) is 9.80 Å². The zero-order chi connectivity index (χ0) is 18.3. The zero-order valence-corrected chi connectivity index (χ0v) is 18.8. The van der Waals surface area contributed by atoms with E-state index >= 15 is 0 Å². The number of halogens is 2. The van der Waals surface area contributed by atoms with Crippen molar-refractivity contribution in [3.63, 3.8) is 0 Å². The molecule has 2 aliphatic rings. The molecule has 2 fully saturated rings. The molecule has 5 nitrogen and oxygen atoms in total. The van der Waals surface area contributed by atoms with E-state index in [9.17, 15) is 0 Å². The molecule has 156 valence electrons. The third-order valence-electron chi connectivity index (χ3n) is 6.17. The van der Waals surface area contributed by atoms with Gasteiger partial charge in [-0.1, -0.05) is 19.1 Å². The molecule has 2 aliphatic heterocycles. The summed E-state index contributed by atoms with van der Waals surface area (Å²) < 4.78 is 5.32. The average molecular weight is 427 g/mol. The van der Waals surface area contributed by atoms with E-state index in [1.807, 2.05) is 0 Å². The van der Waals surface area contributed by atoms with Gasteiger partial charge in [-0.25, -0.2) is 4.98 Å². The second-order valence-electron chi connectivity index (χ2n) is 7.88. The molecule has 0 unspecified atom stereocenters. The molecule has 0 spiro atoms. The first-order chi connectivity index (χ1) is 12.6. The number of methoxy groups -OCH3 is 1. The Morgan fingerprint density at radius 1 is 1.14 bits per heavy atom.